The Balaban J connectivity index is 1.90. The second-order valence-electron chi connectivity index (χ2n) is 4.22. The second-order valence-corrected chi connectivity index (χ2v) is 4.63. The smallest absolute Gasteiger partial charge is 0.289 e. The molecule has 7 nitrogen and oxygen atoms in total. The molecule has 2 aromatic rings. The summed E-state index contributed by atoms with van der Waals surface area (Å²) in [5, 5.41) is 15.1. The highest BCUT2D eigenvalue weighted by atomic mass is 35.5. The molecule has 0 aromatic carbocycles. The third-order valence-electron chi connectivity index (χ3n) is 3.06. The van der Waals surface area contributed by atoms with Gasteiger partial charge in [-0.2, -0.15) is 5.10 Å². The molecule has 0 fully saturated rings. The number of nitro groups is 1. The molecule has 3 heterocycles. The summed E-state index contributed by atoms with van der Waals surface area (Å²) in [4.78, 5) is 16.2. The van der Waals surface area contributed by atoms with Crippen LogP contribution in [-0.4, -0.2) is 26.2 Å². The van der Waals surface area contributed by atoms with E-state index in [9.17, 15) is 10.1 Å². The number of fused-ring (bicyclic) bond motifs is 1. The Kier molecular flexibility index (Phi) is 2.83. The molecule has 8 heteroatoms. The maximum Gasteiger partial charge on any atom is 0.289 e. The van der Waals surface area contributed by atoms with Gasteiger partial charge in [0.1, 0.15) is 12.0 Å². The lowest BCUT2D eigenvalue weighted by atomic mass is 10.3. The normalized spacial score (nSPS) is 14.3. The van der Waals surface area contributed by atoms with Crippen molar-refractivity contribution in [3.05, 3.63) is 45.4 Å². The van der Waals surface area contributed by atoms with Crippen LogP contribution in [0.3, 0.4) is 0 Å². The summed E-state index contributed by atoms with van der Waals surface area (Å²) in [7, 11) is 0. The van der Waals surface area contributed by atoms with Crippen LogP contribution >= 0.6 is 11.6 Å². The van der Waals surface area contributed by atoms with Crippen LogP contribution in [0.25, 0.3) is 0 Å². The first-order valence-corrected chi connectivity index (χ1v) is 6.08. The number of pyridine rings is 1. The van der Waals surface area contributed by atoms with Gasteiger partial charge in [0.2, 0.25) is 0 Å². The van der Waals surface area contributed by atoms with Crippen molar-refractivity contribution >= 4 is 23.1 Å². The zero-order chi connectivity index (χ0) is 13.4. The third kappa shape index (κ3) is 2.12. The Hall–Kier alpha value is -2.15. The topological polar surface area (TPSA) is 77.1 Å². The summed E-state index contributed by atoms with van der Waals surface area (Å²) >= 11 is 6.08. The van der Waals surface area contributed by atoms with Gasteiger partial charge in [-0.25, -0.2) is 4.98 Å². The SMILES string of the molecule is O=[N+]([O-])c1cnc(N2CCn3nccc3C2)c(Cl)c1. The van der Waals surface area contributed by atoms with Gasteiger partial charge in [-0.1, -0.05) is 11.6 Å². The number of rotatable bonds is 2. The summed E-state index contributed by atoms with van der Waals surface area (Å²) in [6.07, 6.45) is 2.98. The molecule has 3 rings (SSSR count). The number of hydrogen-bond donors (Lipinski definition) is 0. The maximum absolute atomic E-state index is 10.7. The van der Waals surface area contributed by atoms with E-state index < -0.39 is 4.92 Å². The molecule has 0 amide bonds. The van der Waals surface area contributed by atoms with Crippen molar-refractivity contribution in [3.63, 3.8) is 0 Å². The predicted molar refractivity (Wildman–Crippen MR) is 69.2 cm³/mol. The molecule has 0 bridgehead atoms. The molecule has 0 saturated carbocycles. The van der Waals surface area contributed by atoms with E-state index in [1.54, 1.807) is 6.20 Å². The van der Waals surface area contributed by atoms with E-state index in [0.29, 0.717) is 17.4 Å². The Morgan fingerprint density at radius 3 is 3.00 bits per heavy atom. The molecule has 0 aliphatic carbocycles. The average molecular weight is 280 g/mol. The summed E-state index contributed by atoms with van der Waals surface area (Å²) in [6.45, 7) is 2.11. The molecular weight excluding hydrogens is 270 g/mol. The second kappa shape index (κ2) is 4.51. The minimum atomic E-state index is -0.506. The van der Waals surface area contributed by atoms with Gasteiger partial charge < -0.3 is 4.90 Å². The summed E-state index contributed by atoms with van der Waals surface area (Å²) in [6, 6.07) is 3.27. The molecule has 19 heavy (non-hydrogen) atoms. The molecule has 0 atom stereocenters. The number of anilines is 1. The van der Waals surface area contributed by atoms with Crippen LogP contribution in [0.2, 0.25) is 5.02 Å². The Labute approximate surface area is 113 Å². The van der Waals surface area contributed by atoms with Gasteiger partial charge in [0, 0.05) is 18.8 Å². The molecule has 2 aromatic heterocycles. The van der Waals surface area contributed by atoms with Crippen molar-refractivity contribution in [2.75, 3.05) is 11.4 Å². The Morgan fingerprint density at radius 1 is 1.42 bits per heavy atom. The first kappa shape index (κ1) is 11.9. The fourth-order valence-electron chi connectivity index (χ4n) is 2.12. The molecule has 0 radical (unpaired) electrons. The van der Waals surface area contributed by atoms with E-state index in [-0.39, 0.29) is 5.69 Å². The van der Waals surface area contributed by atoms with Crippen molar-refractivity contribution in [2.45, 2.75) is 13.1 Å². The molecule has 98 valence electrons. The summed E-state index contributed by atoms with van der Waals surface area (Å²) in [5.74, 6) is 0.569. The highest BCUT2D eigenvalue weighted by Crippen LogP contribution is 2.29. The summed E-state index contributed by atoms with van der Waals surface area (Å²) in [5.41, 5.74) is 0.971. The lowest BCUT2D eigenvalue weighted by Gasteiger charge is -2.29. The van der Waals surface area contributed by atoms with Crippen molar-refractivity contribution < 1.29 is 4.92 Å². The quantitative estimate of drug-likeness (QED) is 0.619. The van der Waals surface area contributed by atoms with Gasteiger partial charge in [0.05, 0.1) is 28.7 Å². The van der Waals surface area contributed by atoms with Gasteiger partial charge in [0.25, 0.3) is 5.69 Å². The average Bonchev–Trinajstić information content (AvgIpc) is 2.85. The first-order valence-electron chi connectivity index (χ1n) is 5.71. The van der Waals surface area contributed by atoms with Gasteiger partial charge in [-0.3, -0.25) is 14.8 Å². The van der Waals surface area contributed by atoms with E-state index in [4.69, 9.17) is 11.6 Å². The zero-order valence-electron chi connectivity index (χ0n) is 9.86. The fraction of sp³-hybridized carbons (Fsp3) is 0.273. The van der Waals surface area contributed by atoms with Crippen molar-refractivity contribution in [1.29, 1.82) is 0 Å². The van der Waals surface area contributed by atoms with E-state index >= 15 is 0 Å². The zero-order valence-corrected chi connectivity index (χ0v) is 10.6. The molecular formula is C11H10ClN5O2. The van der Waals surface area contributed by atoms with Crippen LogP contribution < -0.4 is 4.90 Å². The minimum absolute atomic E-state index is 0.101. The summed E-state index contributed by atoms with van der Waals surface area (Å²) < 4.78 is 1.93. The van der Waals surface area contributed by atoms with Crippen LogP contribution in [-0.2, 0) is 13.1 Å². The molecule has 0 unspecified atom stereocenters. The largest absolute Gasteiger partial charge is 0.348 e. The van der Waals surface area contributed by atoms with E-state index in [1.807, 2.05) is 15.6 Å². The predicted octanol–water partition coefficient (Wildman–Crippen LogP) is 1.86. The van der Waals surface area contributed by atoms with Gasteiger partial charge in [-0.05, 0) is 6.07 Å². The third-order valence-corrected chi connectivity index (χ3v) is 3.33. The molecule has 0 N–H and O–H groups in total. The number of halogens is 1. The Morgan fingerprint density at radius 2 is 2.26 bits per heavy atom. The number of nitrogens with zero attached hydrogens (tertiary/aromatic N) is 5. The highest BCUT2D eigenvalue weighted by Gasteiger charge is 2.21. The maximum atomic E-state index is 10.7. The van der Waals surface area contributed by atoms with Gasteiger partial charge in [-0.15, -0.1) is 0 Å². The fourth-order valence-corrected chi connectivity index (χ4v) is 2.40. The van der Waals surface area contributed by atoms with Crippen LogP contribution in [0.5, 0.6) is 0 Å². The monoisotopic (exact) mass is 279 g/mol. The standard InChI is InChI=1S/C11H10ClN5O2/c12-10-5-9(17(18)19)6-13-11(10)15-3-4-16-8(7-15)1-2-14-16/h1-2,5-6H,3-4,7H2. The molecule has 1 aliphatic rings. The number of aromatic nitrogens is 3. The molecule has 1 aliphatic heterocycles. The Bertz CT molecular complexity index is 642. The van der Waals surface area contributed by atoms with Crippen molar-refractivity contribution in [2.24, 2.45) is 0 Å². The van der Waals surface area contributed by atoms with Crippen LogP contribution in [0, 0.1) is 10.1 Å². The van der Waals surface area contributed by atoms with Crippen molar-refractivity contribution in [1.82, 2.24) is 14.8 Å². The van der Waals surface area contributed by atoms with Crippen LogP contribution in [0.15, 0.2) is 24.5 Å². The first-order chi connectivity index (χ1) is 9.15. The molecule has 0 spiro atoms. The highest BCUT2D eigenvalue weighted by molar-refractivity contribution is 6.33. The van der Waals surface area contributed by atoms with Crippen LogP contribution in [0.4, 0.5) is 11.5 Å². The van der Waals surface area contributed by atoms with Gasteiger partial charge >= 0.3 is 0 Å². The van der Waals surface area contributed by atoms with E-state index in [1.165, 1.54) is 12.3 Å². The minimum Gasteiger partial charge on any atom is -0.348 e. The van der Waals surface area contributed by atoms with E-state index in [0.717, 1.165) is 18.8 Å². The van der Waals surface area contributed by atoms with Gasteiger partial charge in [0.15, 0.2) is 0 Å². The lowest BCUT2D eigenvalue weighted by Crippen LogP contribution is -2.34. The van der Waals surface area contributed by atoms with E-state index in [2.05, 4.69) is 10.1 Å². The van der Waals surface area contributed by atoms with Crippen molar-refractivity contribution in [3.8, 4) is 0 Å². The molecule has 0 saturated heterocycles. The number of hydrogen-bond acceptors (Lipinski definition) is 5. The van der Waals surface area contributed by atoms with Crippen LogP contribution in [0.1, 0.15) is 5.69 Å². The lowest BCUT2D eigenvalue weighted by molar-refractivity contribution is -0.385.